The quantitative estimate of drug-likeness (QED) is 0.399. The predicted molar refractivity (Wildman–Crippen MR) is 130 cm³/mol. The number of nitrogens with one attached hydrogen (secondary N) is 1. The van der Waals surface area contributed by atoms with Gasteiger partial charge >= 0.3 is 0 Å². The number of benzene rings is 2. The highest BCUT2D eigenvalue weighted by molar-refractivity contribution is 8.02. The fourth-order valence-corrected chi connectivity index (χ4v) is 6.24. The van der Waals surface area contributed by atoms with E-state index in [9.17, 15) is 4.79 Å². The standard InChI is InChI=1S/C23H25N5OS2/c1-3-28-19-9-5-4-8-17(19)18-14-16(10-11-20(18)28)24-21(29)15(2)30-23-26-25-22(31-23)27-12-6-7-13-27/h4-5,8-11,14-15H,3,6-7,12-13H2,1-2H3,(H,24,29). The first-order valence-electron chi connectivity index (χ1n) is 10.7. The van der Waals surface area contributed by atoms with Gasteiger partial charge in [0, 0.05) is 47.1 Å². The second kappa shape index (κ2) is 8.51. The smallest absolute Gasteiger partial charge is 0.237 e. The molecule has 1 unspecified atom stereocenters. The van der Waals surface area contributed by atoms with Crippen molar-refractivity contribution >= 4 is 61.6 Å². The number of para-hydroxylation sites is 1. The van der Waals surface area contributed by atoms with Gasteiger partial charge in [-0.25, -0.2) is 0 Å². The Labute approximate surface area is 189 Å². The van der Waals surface area contributed by atoms with Crippen LogP contribution < -0.4 is 10.2 Å². The SMILES string of the molecule is CCn1c2ccccc2c2cc(NC(=O)C(C)Sc3nnc(N4CCCC4)s3)ccc21. The number of hydrogen-bond donors (Lipinski definition) is 1. The molecule has 1 aliphatic rings. The van der Waals surface area contributed by atoms with Gasteiger partial charge < -0.3 is 14.8 Å². The molecule has 1 saturated heterocycles. The molecule has 1 N–H and O–H groups in total. The summed E-state index contributed by atoms with van der Waals surface area (Å²) in [4.78, 5) is 15.1. The molecule has 8 heteroatoms. The Hall–Kier alpha value is -2.58. The van der Waals surface area contributed by atoms with E-state index < -0.39 is 0 Å². The van der Waals surface area contributed by atoms with Gasteiger partial charge in [-0.05, 0) is 51.0 Å². The molecule has 3 heterocycles. The van der Waals surface area contributed by atoms with Crippen molar-refractivity contribution in [2.75, 3.05) is 23.3 Å². The van der Waals surface area contributed by atoms with Crippen molar-refractivity contribution in [3.8, 4) is 0 Å². The van der Waals surface area contributed by atoms with E-state index in [-0.39, 0.29) is 11.2 Å². The van der Waals surface area contributed by atoms with Crippen LogP contribution >= 0.6 is 23.1 Å². The van der Waals surface area contributed by atoms with Crippen molar-refractivity contribution in [3.63, 3.8) is 0 Å². The van der Waals surface area contributed by atoms with Crippen molar-refractivity contribution in [3.05, 3.63) is 42.5 Å². The van der Waals surface area contributed by atoms with Gasteiger partial charge in [-0.15, -0.1) is 10.2 Å². The van der Waals surface area contributed by atoms with Crippen LogP contribution in [0.5, 0.6) is 0 Å². The molecular formula is C23H25N5OS2. The van der Waals surface area contributed by atoms with E-state index in [1.54, 1.807) is 11.3 Å². The molecule has 0 spiro atoms. The summed E-state index contributed by atoms with van der Waals surface area (Å²) >= 11 is 3.04. The summed E-state index contributed by atoms with van der Waals surface area (Å²) in [5.74, 6) is -0.0264. The van der Waals surface area contributed by atoms with E-state index in [1.807, 2.05) is 13.0 Å². The number of rotatable bonds is 6. The number of carbonyl (C=O) groups excluding carboxylic acids is 1. The number of aromatic nitrogens is 3. The molecule has 1 atom stereocenters. The van der Waals surface area contributed by atoms with Gasteiger partial charge in [0.2, 0.25) is 11.0 Å². The number of hydrogen-bond acceptors (Lipinski definition) is 6. The number of fused-ring (bicyclic) bond motifs is 3. The summed E-state index contributed by atoms with van der Waals surface area (Å²) in [7, 11) is 0. The van der Waals surface area contributed by atoms with Crippen LogP contribution in [0.3, 0.4) is 0 Å². The first-order chi connectivity index (χ1) is 15.1. The minimum atomic E-state index is -0.257. The molecule has 1 fully saturated rings. The van der Waals surface area contributed by atoms with Crippen LogP contribution in [-0.2, 0) is 11.3 Å². The summed E-state index contributed by atoms with van der Waals surface area (Å²) in [6.45, 7) is 7.07. The molecule has 0 saturated carbocycles. The first kappa shape index (κ1) is 20.3. The van der Waals surface area contributed by atoms with E-state index in [0.29, 0.717) is 0 Å². The second-order valence-corrected chi connectivity index (χ2v) is 10.3. The largest absolute Gasteiger partial charge is 0.347 e. The third-order valence-electron chi connectivity index (χ3n) is 5.78. The lowest BCUT2D eigenvalue weighted by Crippen LogP contribution is -2.22. The van der Waals surface area contributed by atoms with Crippen molar-refractivity contribution in [2.24, 2.45) is 0 Å². The summed E-state index contributed by atoms with van der Waals surface area (Å²) < 4.78 is 3.15. The first-order valence-corrected chi connectivity index (χ1v) is 12.4. The van der Waals surface area contributed by atoms with Crippen LogP contribution in [0, 0.1) is 0 Å². The third kappa shape index (κ3) is 3.90. The van der Waals surface area contributed by atoms with Crippen LogP contribution in [0.2, 0.25) is 0 Å². The Balaban J connectivity index is 1.32. The van der Waals surface area contributed by atoms with Crippen LogP contribution in [0.25, 0.3) is 21.8 Å². The van der Waals surface area contributed by atoms with Crippen LogP contribution in [0.15, 0.2) is 46.8 Å². The minimum absolute atomic E-state index is 0.0264. The molecule has 4 aromatic rings. The molecule has 1 amide bonds. The fraction of sp³-hybridized carbons (Fsp3) is 0.348. The minimum Gasteiger partial charge on any atom is -0.347 e. The molecule has 0 aliphatic carbocycles. The molecule has 1 aliphatic heterocycles. The molecule has 160 valence electrons. The lowest BCUT2D eigenvalue weighted by molar-refractivity contribution is -0.115. The van der Waals surface area contributed by atoms with Gasteiger partial charge in [-0.2, -0.15) is 0 Å². The zero-order chi connectivity index (χ0) is 21.4. The molecule has 5 rings (SSSR count). The lowest BCUT2D eigenvalue weighted by Gasteiger charge is -2.12. The lowest BCUT2D eigenvalue weighted by atomic mass is 10.1. The molecule has 2 aromatic carbocycles. The van der Waals surface area contributed by atoms with Gasteiger partial charge in [0.15, 0.2) is 4.34 Å². The van der Waals surface area contributed by atoms with E-state index in [4.69, 9.17) is 0 Å². The monoisotopic (exact) mass is 451 g/mol. The molecule has 6 nitrogen and oxygen atoms in total. The molecule has 2 aromatic heterocycles. The van der Waals surface area contributed by atoms with Gasteiger partial charge in [0.25, 0.3) is 0 Å². The van der Waals surface area contributed by atoms with Gasteiger partial charge in [0.05, 0.1) is 5.25 Å². The summed E-state index contributed by atoms with van der Waals surface area (Å²) in [6, 6.07) is 14.6. The number of amides is 1. The maximum absolute atomic E-state index is 12.8. The Morgan fingerprint density at radius 3 is 2.71 bits per heavy atom. The summed E-state index contributed by atoms with van der Waals surface area (Å²) in [5.41, 5.74) is 3.23. The van der Waals surface area contributed by atoms with Gasteiger partial charge in [0.1, 0.15) is 0 Å². The van der Waals surface area contributed by atoms with E-state index in [0.717, 1.165) is 40.2 Å². The predicted octanol–water partition coefficient (Wildman–Crippen LogP) is 5.39. The number of nitrogens with zero attached hydrogens (tertiary/aromatic N) is 4. The summed E-state index contributed by atoms with van der Waals surface area (Å²) in [5, 5.41) is 14.8. The highest BCUT2D eigenvalue weighted by Gasteiger charge is 2.21. The van der Waals surface area contributed by atoms with Crippen LogP contribution in [-0.4, -0.2) is 39.0 Å². The van der Waals surface area contributed by atoms with Gasteiger partial charge in [-0.3, -0.25) is 4.79 Å². The van der Waals surface area contributed by atoms with E-state index in [2.05, 4.69) is 68.3 Å². The highest BCUT2D eigenvalue weighted by Crippen LogP contribution is 2.34. The third-order valence-corrected chi connectivity index (χ3v) is 7.94. The van der Waals surface area contributed by atoms with Crippen molar-refractivity contribution in [1.29, 1.82) is 0 Å². The maximum Gasteiger partial charge on any atom is 0.237 e. The second-order valence-electron chi connectivity index (χ2n) is 7.79. The van der Waals surface area contributed by atoms with Crippen molar-refractivity contribution in [1.82, 2.24) is 14.8 Å². The Morgan fingerprint density at radius 1 is 1.13 bits per heavy atom. The van der Waals surface area contributed by atoms with Crippen LogP contribution in [0.4, 0.5) is 10.8 Å². The summed E-state index contributed by atoms with van der Waals surface area (Å²) in [6.07, 6.45) is 2.42. The Morgan fingerprint density at radius 2 is 1.90 bits per heavy atom. The number of thioether (sulfide) groups is 1. The van der Waals surface area contributed by atoms with E-state index >= 15 is 0 Å². The number of carbonyl (C=O) groups is 1. The Kier molecular flexibility index (Phi) is 5.58. The van der Waals surface area contributed by atoms with Crippen molar-refractivity contribution < 1.29 is 4.79 Å². The molecular weight excluding hydrogens is 426 g/mol. The average molecular weight is 452 g/mol. The van der Waals surface area contributed by atoms with Crippen molar-refractivity contribution in [2.45, 2.75) is 42.8 Å². The zero-order valence-electron chi connectivity index (χ0n) is 17.7. The fourth-order valence-electron chi connectivity index (χ4n) is 4.21. The number of anilines is 2. The van der Waals surface area contributed by atoms with E-state index in [1.165, 1.54) is 41.0 Å². The Bertz CT molecular complexity index is 1240. The topological polar surface area (TPSA) is 63.1 Å². The van der Waals surface area contributed by atoms with Crippen LogP contribution in [0.1, 0.15) is 26.7 Å². The molecule has 31 heavy (non-hydrogen) atoms. The zero-order valence-corrected chi connectivity index (χ0v) is 19.3. The van der Waals surface area contributed by atoms with Gasteiger partial charge in [-0.1, -0.05) is 41.3 Å². The number of aryl methyl sites for hydroxylation is 1. The molecule has 0 radical (unpaired) electrons. The normalized spacial score (nSPS) is 15.1. The average Bonchev–Trinajstić information content (AvgIpc) is 3.52. The highest BCUT2D eigenvalue weighted by atomic mass is 32.2. The maximum atomic E-state index is 12.8. The molecule has 0 bridgehead atoms.